The first kappa shape index (κ1) is 21.5. The minimum absolute atomic E-state index is 0.0579. The molecule has 1 N–H and O–H groups in total. The third-order valence-electron chi connectivity index (χ3n) is 5.14. The summed E-state index contributed by atoms with van der Waals surface area (Å²) in [6.07, 6.45) is -2.80. The fourth-order valence-corrected chi connectivity index (χ4v) is 3.46. The van der Waals surface area contributed by atoms with Gasteiger partial charge in [-0.15, -0.1) is 10.2 Å². The van der Waals surface area contributed by atoms with E-state index in [0.29, 0.717) is 49.2 Å². The molecule has 0 bridgehead atoms. The van der Waals surface area contributed by atoms with Gasteiger partial charge in [-0.25, -0.2) is 4.98 Å². The molecule has 3 heterocycles. The standard InChI is InChI=1S/C22H21F3N6O/c23-22(24,25)17-5-3-4-16(14-17)15-21(32)31-12-10-30(11-13-31)20-8-7-19(28-29-20)27-18-6-1-2-9-26-18/h1-9,14H,10-13,15H2,(H,26,27,28). The smallest absolute Gasteiger partial charge is 0.352 e. The van der Waals surface area contributed by atoms with Crippen LogP contribution in [0, 0.1) is 0 Å². The SMILES string of the molecule is O=C(Cc1cccc(C(F)(F)F)c1)N1CCN(c2ccc(Nc3ccccn3)nn2)CC1. The highest BCUT2D eigenvalue weighted by molar-refractivity contribution is 5.79. The van der Waals surface area contributed by atoms with Crippen molar-refractivity contribution in [1.29, 1.82) is 0 Å². The lowest BCUT2D eigenvalue weighted by atomic mass is 10.1. The molecule has 1 saturated heterocycles. The van der Waals surface area contributed by atoms with E-state index in [4.69, 9.17) is 0 Å². The number of hydrogen-bond donors (Lipinski definition) is 1. The maximum Gasteiger partial charge on any atom is 0.416 e. The van der Waals surface area contributed by atoms with Crippen LogP contribution in [0.25, 0.3) is 0 Å². The second-order valence-corrected chi connectivity index (χ2v) is 7.36. The lowest BCUT2D eigenvalue weighted by Crippen LogP contribution is -2.49. The molecule has 0 saturated carbocycles. The number of benzene rings is 1. The van der Waals surface area contributed by atoms with Gasteiger partial charge in [0, 0.05) is 32.4 Å². The van der Waals surface area contributed by atoms with Crippen molar-refractivity contribution in [2.75, 3.05) is 36.4 Å². The summed E-state index contributed by atoms with van der Waals surface area (Å²) in [5.74, 6) is 1.75. The molecular formula is C22H21F3N6O. The van der Waals surface area contributed by atoms with Crippen molar-refractivity contribution in [3.8, 4) is 0 Å². The first-order valence-corrected chi connectivity index (χ1v) is 10.1. The van der Waals surface area contributed by atoms with Crippen LogP contribution in [0.5, 0.6) is 0 Å². The fourth-order valence-electron chi connectivity index (χ4n) is 3.46. The predicted octanol–water partition coefficient (Wildman–Crippen LogP) is 3.53. The van der Waals surface area contributed by atoms with Crippen LogP contribution in [0.3, 0.4) is 0 Å². The fraction of sp³-hybridized carbons (Fsp3) is 0.273. The molecule has 32 heavy (non-hydrogen) atoms. The molecule has 1 aliphatic rings. The largest absolute Gasteiger partial charge is 0.416 e. The van der Waals surface area contributed by atoms with Crippen LogP contribution in [0.1, 0.15) is 11.1 Å². The Balaban J connectivity index is 1.30. The average molecular weight is 442 g/mol. The quantitative estimate of drug-likeness (QED) is 0.652. The molecule has 2 aromatic heterocycles. The number of piperazine rings is 1. The average Bonchev–Trinajstić information content (AvgIpc) is 2.80. The Labute approximate surface area is 182 Å². The molecule has 1 amide bonds. The molecule has 1 fully saturated rings. The molecule has 0 radical (unpaired) electrons. The number of aromatic nitrogens is 3. The van der Waals surface area contributed by atoms with Gasteiger partial charge in [0.05, 0.1) is 12.0 Å². The van der Waals surface area contributed by atoms with Gasteiger partial charge < -0.3 is 15.1 Å². The van der Waals surface area contributed by atoms with E-state index in [-0.39, 0.29) is 12.3 Å². The number of alkyl halides is 3. The maximum absolute atomic E-state index is 12.9. The molecular weight excluding hydrogens is 421 g/mol. The van der Waals surface area contributed by atoms with Gasteiger partial charge in [0.25, 0.3) is 0 Å². The van der Waals surface area contributed by atoms with Gasteiger partial charge in [-0.2, -0.15) is 13.2 Å². The van der Waals surface area contributed by atoms with Crippen molar-refractivity contribution in [2.45, 2.75) is 12.6 Å². The zero-order valence-corrected chi connectivity index (χ0v) is 17.1. The summed E-state index contributed by atoms with van der Waals surface area (Å²) in [4.78, 5) is 20.4. The van der Waals surface area contributed by atoms with Gasteiger partial charge in [0.15, 0.2) is 11.6 Å². The monoisotopic (exact) mass is 442 g/mol. The lowest BCUT2D eigenvalue weighted by molar-refractivity contribution is -0.138. The number of rotatable bonds is 5. The van der Waals surface area contributed by atoms with E-state index < -0.39 is 11.7 Å². The minimum atomic E-state index is -4.42. The number of anilines is 3. The third-order valence-corrected chi connectivity index (χ3v) is 5.14. The van der Waals surface area contributed by atoms with Gasteiger partial charge in [-0.1, -0.05) is 24.3 Å². The van der Waals surface area contributed by atoms with Gasteiger partial charge in [-0.3, -0.25) is 4.79 Å². The molecule has 166 valence electrons. The molecule has 1 aromatic carbocycles. The molecule has 4 rings (SSSR count). The zero-order chi connectivity index (χ0) is 22.6. The second kappa shape index (κ2) is 9.21. The van der Waals surface area contributed by atoms with E-state index in [2.05, 4.69) is 20.5 Å². The van der Waals surface area contributed by atoms with Crippen LogP contribution in [0.4, 0.5) is 30.6 Å². The number of nitrogens with one attached hydrogen (secondary N) is 1. The Bertz CT molecular complexity index is 1050. The van der Waals surface area contributed by atoms with Gasteiger partial charge in [0.2, 0.25) is 5.91 Å². The number of pyridine rings is 1. The third kappa shape index (κ3) is 5.32. The Kier molecular flexibility index (Phi) is 6.20. The van der Waals surface area contributed by atoms with Gasteiger partial charge in [-0.05, 0) is 35.9 Å². The van der Waals surface area contributed by atoms with Crippen molar-refractivity contribution >= 4 is 23.4 Å². The molecule has 1 aliphatic heterocycles. The maximum atomic E-state index is 12.9. The number of carbonyl (C=O) groups excluding carboxylic acids is 1. The van der Waals surface area contributed by atoms with E-state index in [1.54, 1.807) is 17.2 Å². The van der Waals surface area contributed by atoms with Crippen LogP contribution in [0.2, 0.25) is 0 Å². The molecule has 7 nitrogen and oxygen atoms in total. The Morgan fingerprint density at radius 2 is 1.75 bits per heavy atom. The van der Waals surface area contributed by atoms with E-state index in [1.807, 2.05) is 35.2 Å². The highest BCUT2D eigenvalue weighted by atomic mass is 19.4. The number of nitrogens with zero attached hydrogens (tertiary/aromatic N) is 5. The number of halogens is 3. The van der Waals surface area contributed by atoms with E-state index in [0.717, 1.165) is 12.1 Å². The summed E-state index contributed by atoms with van der Waals surface area (Å²) in [5, 5.41) is 11.5. The van der Waals surface area contributed by atoms with Crippen molar-refractivity contribution in [1.82, 2.24) is 20.1 Å². The molecule has 0 spiro atoms. The number of amides is 1. The van der Waals surface area contributed by atoms with Crippen LogP contribution >= 0.6 is 0 Å². The zero-order valence-electron chi connectivity index (χ0n) is 17.1. The van der Waals surface area contributed by atoms with Crippen LogP contribution in [0.15, 0.2) is 60.8 Å². The highest BCUT2D eigenvalue weighted by Gasteiger charge is 2.30. The normalized spacial score (nSPS) is 14.3. The first-order chi connectivity index (χ1) is 15.4. The van der Waals surface area contributed by atoms with Gasteiger partial charge in [0.1, 0.15) is 5.82 Å². The number of carbonyl (C=O) groups is 1. The summed E-state index contributed by atoms with van der Waals surface area (Å²) < 4.78 is 38.6. The Hall–Kier alpha value is -3.69. The van der Waals surface area contributed by atoms with Gasteiger partial charge >= 0.3 is 6.18 Å². The minimum Gasteiger partial charge on any atom is -0.352 e. The first-order valence-electron chi connectivity index (χ1n) is 10.1. The summed E-state index contributed by atoms with van der Waals surface area (Å²) in [6, 6.07) is 14.1. The van der Waals surface area contributed by atoms with Crippen LogP contribution in [-0.2, 0) is 17.4 Å². The van der Waals surface area contributed by atoms with Crippen molar-refractivity contribution in [2.24, 2.45) is 0 Å². The lowest BCUT2D eigenvalue weighted by Gasteiger charge is -2.35. The van der Waals surface area contributed by atoms with Crippen molar-refractivity contribution < 1.29 is 18.0 Å². The second-order valence-electron chi connectivity index (χ2n) is 7.36. The van der Waals surface area contributed by atoms with Crippen molar-refractivity contribution in [3.63, 3.8) is 0 Å². The summed E-state index contributed by atoms with van der Waals surface area (Å²) in [7, 11) is 0. The summed E-state index contributed by atoms with van der Waals surface area (Å²) in [5.41, 5.74) is -0.388. The Morgan fingerprint density at radius 1 is 0.938 bits per heavy atom. The van der Waals surface area contributed by atoms with E-state index in [9.17, 15) is 18.0 Å². The van der Waals surface area contributed by atoms with Crippen LogP contribution in [-0.4, -0.2) is 52.2 Å². The van der Waals surface area contributed by atoms with Crippen LogP contribution < -0.4 is 10.2 Å². The molecule has 0 atom stereocenters. The molecule has 10 heteroatoms. The highest BCUT2D eigenvalue weighted by Crippen LogP contribution is 2.29. The molecule has 0 aliphatic carbocycles. The summed E-state index contributed by atoms with van der Waals surface area (Å²) in [6.45, 7) is 2.06. The predicted molar refractivity (Wildman–Crippen MR) is 113 cm³/mol. The Morgan fingerprint density at radius 3 is 2.41 bits per heavy atom. The molecule has 0 unspecified atom stereocenters. The molecule has 3 aromatic rings. The van der Waals surface area contributed by atoms with E-state index >= 15 is 0 Å². The summed E-state index contributed by atoms with van der Waals surface area (Å²) >= 11 is 0. The number of hydrogen-bond acceptors (Lipinski definition) is 6. The topological polar surface area (TPSA) is 74.2 Å². The van der Waals surface area contributed by atoms with Crippen molar-refractivity contribution in [3.05, 3.63) is 71.9 Å². The van der Waals surface area contributed by atoms with E-state index in [1.165, 1.54) is 6.07 Å².